The lowest BCUT2D eigenvalue weighted by Gasteiger charge is -2.12. The number of nitrogens with one attached hydrogen (secondary N) is 2. The van der Waals surface area contributed by atoms with E-state index in [9.17, 15) is 9.50 Å². The highest BCUT2D eigenvalue weighted by molar-refractivity contribution is 5.74. The van der Waals surface area contributed by atoms with Crippen molar-refractivity contribution in [3.8, 4) is 17.0 Å². The third kappa shape index (κ3) is 4.08. The molecule has 3 aromatic rings. The number of phenolic OH excluding ortho intramolecular Hbond substituents is 1. The number of aromatic hydroxyl groups is 1. The third-order valence-corrected chi connectivity index (χ3v) is 3.75. The van der Waals surface area contributed by atoms with Gasteiger partial charge in [-0.2, -0.15) is 0 Å². The highest BCUT2D eigenvalue weighted by atomic mass is 19.1. The van der Waals surface area contributed by atoms with E-state index < -0.39 is 0 Å². The molecule has 0 aliphatic carbocycles. The number of hydrogen-bond acceptors (Lipinski definition) is 5. The van der Waals surface area contributed by atoms with Crippen molar-refractivity contribution >= 4 is 17.3 Å². The SMILES string of the molecule is Cc1ccc(Nc2ccc(O)c(-c3ccnc(NC(C)C)n3)c2)c(F)c1. The fraction of sp³-hybridized carbons (Fsp3) is 0.200. The first-order valence-electron chi connectivity index (χ1n) is 8.38. The van der Waals surface area contributed by atoms with Crippen LogP contribution in [0.25, 0.3) is 11.3 Å². The van der Waals surface area contributed by atoms with Crippen LogP contribution in [0.4, 0.5) is 21.7 Å². The third-order valence-electron chi connectivity index (χ3n) is 3.75. The average Bonchev–Trinajstić information content (AvgIpc) is 2.58. The lowest BCUT2D eigenvalue weighted by atomic mass is 10.1. The number of hydrogen-bond donors (Lipinski definition) is 3. The van der Waals surface area contributed by atoms with E-state index in [-0.39, 0.29) is 17.6 Å². The van der Waals surface area contributed by atoms with Crippen LogP contribution in [-0.2, 0) is 0 Å². The number of phenols is 1. The van der Waals surface area contributed by atoms with E-state index in [0.717, 1.165) is 5.56 Å². The molecule has 0 radical (unpaired) electrons. The van der Waals surface area contributed by atoms with Crippen molar-refractivity contribution in [1.82, 2.24) is 9.97 Å². The van der Waals surface area contributed by atoms with Gasteiger partial charge in [0.15, 0.2) is 0 Å². The Bertz CT molecular complexity index is 927. The van der Waals surface area contributed by atoms with E-state index in [4.69, 9.17) is 0 Å². The van der Waals surface area contributed by atoms with E-state index in [1.165, 1.54) is 6.07 Å². The molecule has 0 spiro atoms. The van der Waals surface area contributed by atoms with Crippen LogP contribution in [0.2, 0.25) is 0 Å². The highest BCUT2D eigenvalue weighted by Gasteiger charge is 2.10. The monoisotopic (exact) mass is 352 g/mol. The van der Waals surface area contributed by atoms with Gasteiger partial charge in [-0.3, -0.25) is 0 Å². The number of anilines is 3. The minimum absolute atomic E-state index is 0.0918. The maximum absolute atomic E-state index is 14.1. The molecule has 0 aliphatic heterocycles. The first-order valence-corrected chi connectivity index (χ1v) is 8.38. The van der Waals surface area contributed by atoms with Gasteiger partial charge >= 0.3 is 0 Å². The van der Waals surface area contributed by atoms with Crippen molar-refractivity contribution in [2.75, 3.05) is 10.6 Å². The molecule has 1 heterocycles. The van der Waals surface area contributed by atoms with E-state index in [0.29, 0.717) is 28.6 Å². The quantitative estimate of drug-likeness (QED) is 0.572. The number of halogens is 1. The van der Waals surface area contributed by atoms with E-state index >= 15 is 0 Å². The summed E-state index contributed by atoms with van der Waals surface area (Å²) in [6.45, 7) is 5.83. The zero-order valence-electron chi connectivity index (χ0n) is 14.9. The average molecular weight is 352 g/mol. The first kappa shape index (κ1) is 17.7. The van der Waals surface area contributed by atoms with Crippen LogP contribution < -0.4 is 10.6 Å². The Morgan fingerprint density at radius 2 is 1.88 bits per heavy atom. The molecule has 1 aromatic heterocycles. The van der Waals surface area contributed by atoms with Gasteiger partial charge < -0.3 is 15.7 Å². The first-order chi connectivity index (χ1) is 12.4. The highest BCUT2D eigenvalue weighted by Crippen LogP contribution is 2.32. The van der Waals surface area contributed by atoms with Crippen molar-refractivity contribution in [1.29, 1.82) is 0 Å². The maximum Gasteiger partial charge on any atom is 0.223 e. The zero-order chi connectivity index (χ0) is 18.7. The smallest absolute Gasteiger partial charge is 0.223 e. The summed E-state index contributed by atoms with van der Waals surface area (Å²) in [5.41, 5.74) is 2.99. The Balaban J connectivity index is 1.93. The van der Waals surface area contributed by atoms with Crippen molar-refractivity contribution in [3.63, 3.8) is 0 Å². The van der Waals surface area contributed by atoms with Gasteiger partial charge in [-0.15, -0.1) is 0 Å². The second kappa shape index (κ2) is 7.39. The predicted octanol–water partition coefficient (Wildman–Crippen LogP) is 4.86. The van der Waals surface area contributed by atoms with Crippen molar-refractivity contribution in [3.05, 3.63) is 60.0 Å². The molecule has 2 aromatic carbocycles. The van der Waals surface area contributed by atoms with Crippen molar-refractivity contribution in [2.24, 2.45) is 0 Å². The van der Waals surface area contributed by atoms with Gasteiger partial charge in [-0.1, -0.05) is 6.07 Å². The molecule has 134 valence electrons. The molecule has 3 N–H and O–H groups in total. The fourth-order valence-electron chi connectivity index (χ4n) is 2.53. The number of rotatable bonds is 5. The minimum Gasteiger partial charge on any atom is -0.507 e. The predicted molar refractivity (Wildman–Crippen MR) is 102 cm³/mol. The van der Waals surface area contributed by atoms with Crippen LogP contribution >= 0.6 is 0 Å². The summed E-state index contributed by atoms with van der Waals surface area (Å²) < 4.78 is 14.1. The van der Waals surface area contributed by atoms with E-state index in [1.54, 1.807) is 36.5 Å². The Kier molecular flexibility index (Phi) is 5.02. The molecule has 0 atom stereocenters. The second-order valence-electron chi connectivity index (χ2n) is 6.40. The van der Waals surface area contributed by atoms with Gasteiger partial charge in [-0.25, -0.2) is 14.4 Å². The topological polar surface area (TPSA) is 70.1 Å². The molecule has 0 aliphatic rings. The van der Waals surface area contributed by atoms with Crippen LogP contribution in [-0.4, -0.2) is 21.1 Å². The lowest BCUT2D eigenvalue weighted by molar-refractivity contribution is 0.477. The van der Waals surface area contributed by atoms with Crippen molar-refractivity contribution in [2.45, 2.75) is 26.8 Å². The molecule has 0 saturated heterocycles. The Hall–Kier alpha value is -3.15. The molecule has 26 heavy (non-hydrogen) atoms. The lowest BCUT2D eigenvalue weighted by Crippen LogP contribution is -2.12. The number of benzene rings is 2. The molecule has 0 fully saturated rings. The van der Waals surface area contributed by atoms with Crippen molar-refractivity contribution < 1.29 is 9.50 Å². The van der Waals surface area contributed by atoms with Gasteiger partial charge in [0.1, 0.15) is 11.6 Å². The summed E-state index contributed by atoms with van der Waals surface area (Å²) in [5, 5.41) is 16.4. The Morgan fingerprint density at radius 3 is 2.62 bits per heavy atom. The van der Waals surface area contributed by atoms with Crippen LogP contribution in [0.3, 0.4) is 0 Å². The molecular formula is C20H21FN4O. The standard InChI is InChI=1S/C20H21FN4O/c1-12(2)23-20-22-9-8-17(25-20)15-11-14(5-7-19(15)26)24-18-6-4-13(3)10-16(18)21/h4-12,24,26H,1-3H3,(H,22,23,25). The van der Waals surface area contributed by atoms with Gasteiger partial charge in [-0.05, 0) is 62.7 Å². The summed E-state index contributed by atoms with van der Waals surface area (Å²) in [7, 11) is 0. The molecular weight excluding hydrogens is 331 g/mol. The minimum atomic E-state index is -0.329. The number of aromatic nitrogens is 2. The summed E-state index contributed by atoms with van der Waals surface area (Å²) in [6, 6.07) is 11.9. The van der Waals surface area contributed by atoms with Crippen LogP contribution in [0, 0.1) is 12.7 Å². The fourth-order valence-corrected chi connectivity index (χ4v) is 2.53. The van der Waals surface area contributed by atoms with Gasteiger partial charge in [0.05, 0.1) is 11.4 Å². The van der Waals surface area contributed by atoms with E-state index in [2.05, 4.69) is 20.6 Å². The second-order valence-corrected chi connectivity index (χ2v) is 6.40. The normalized spacial score (nSPS) is 10.8. The van der Waals surface area contributed by atoms with Crippen LogP contribution in [0.1, 0.15) is 19.4 Å². The molecule has 0 bridgehead atoms. The Morgan fingerprint density at radius 1 is 1.08 bits per heavy atom. The summed E-state index contributed by atoms with van der Waals surface area (Å²) >= 11 is 0. The maximum atomic E-state index is 14.1. The molecule has 5 nitrogen and oxygen atoms in total. The summed E-state index contributed by atoms with van der Waals surface area (Å²) in [4.78, 5) is 8.61. The van der Waals surface area contributed by atoms with E-state index in [1.807, 2.05) is 26.8 Å². The number of aryl methyl sites for hydroxylation is 1. The zero-order valence-corrected chi connectivity index (χ0v) is 14.9. The molecule has 3 rings (SSSR count). The molecule has 6 heteroatoms. The van der Waals surface area contributed by atoms with Gasteiger partial charge in [0, 0.05) is 23.5 Å². The molecule has 0 amide bonds. The molecule has 0 unspecified atom stereocenters. The van der Waals surface area contributed by atoms with Gasteiger partial charge in [0.2, 0.25) is 5.95 Å². The molecule has 0 saturated carbocycles. The van der Waals surface area contributed by atoms with Crippen LogP contribution in [0.15, 0.2) is 48.7 Å². The largest absolute Gasteiger partial charge is 0.507 e. The Labute approximate surface area is 152 Å². The van der Waals surface area contributed by atoms with Crippen LogP contribution in [0.5, 0.6) is 5.75 Å². The summed E-state index contributed by atoms with van der Waals surface area (Å²) in [5.74, 6) is 0.249. The summed E-state index contributed by atoms with van der Waals surface area (Å²) in [6.07, 6.45) is 1.63. The number of nitrogens with zero attached hydrogens (tertiary/aromatic N) is 2. The van der Waals surface area contributed by atoms with Gasteiger partial charge in [0.25, 0.3) is 0 Å².